The molecular weight excluding hydrogens is 310 g/mol. The number of nitrogens with one attached hydrogen (secondary N) is 1. The Morgan fingerprint density at radius 1 is 1.28 bits per heavy atom. The molecule has 0 radical (unpaired) electrons. The van der Waals surface area contributed by atoms with E-state index < -0.39 is 0 Å². The Balaban J connectivity index is 2.25. The van der Waals surface area contributed by atoms with Gasteiger partial charge in [0, 0.05) is 9.85 Å². The minimum Gasteiger partial charge on any atom is -0.494 e. The molecule has 0 aliphatic rings. The van der Waals surface area contributed by atoms with Crippen LogP contribution in [0.15, 0.2) is 39.5 Å². The Morgan fingerprint density at radius 3 is 2.50 bits per heavy atom. The van der Waals surface area contributed by atoms with Gasteiger partial charge in [-0.25, -0.2) is 0 Å². The van der Waals surface area contributed by atoms with E-state index in [1.165, 1.54) is 11.1 Å². The van der Waals surface area contributed by atoms with Crippen LogP contribution in [0.3, 0.4) is 0 Å². The first-order chi connectivity index (χ1) is 8.76. The number of halogens is 1. The molecule has 0 amide bonds. The zero-order chi connectivity index (χ0) is 13.0. The molecule has 0 aliphatic heterocycles. The Hall–Kier alpha value is -0.840. The summed E-state index contributed by atoms with van der Waals surface area (Å²) in [6, 6.07) is 8.46. The lowest BCUT2D eigenvalue weighted by atomic mass is 10.0. The van der Waals surface area contributed by atoms with Crippen LogP contribution in [0.4, 0.5) is 0 Å². The third kappa shape index (κ3) is 2.94. The molecule has 18 heavy (non-hydrogen) atoms. The zero-order valence-corrected chi connectivity index (χ0v) is 12.8. The lowest BCUT2D eigenvalue weighted by Crippen LogP contribution is -2.17. The zero-order valence-electron chi connectivity index (χ0n) is 10.4. The van der Waals surface area contributed by atoms with Crippen LogP contribution < -0.4 is 10.1 Å². The van der Waals surface area contributed by atoms with Crippen LogP contribution in [-0.2, 0) is 0 Å². The first-order valence-electron chi connectivity index (χ1n) is 5.88. The van der Waals surface area contributed by atoms with Gasteiger partial charge in [-0.05, 0) is 58.5 Å². The van der Waals surface area contributed by atoms with Crippen molar-refractivity contribution >= 4 is 27.3 Å². The molecule has 0 saturated carbocycles. The van der Waals surface area contributed by atoms with E-state index in [1.54, 1.807) is 11.3 Å². The van der Waals surface area contributed by atoms with Crippen LogP contribution in [0.2, 0.25) is 0 Å². The average Bonchev–Trinajstić information content (AvgIpc) is 2.79. The van der Waals surface area contributed by atoms with Gasteiger partial charge in [-0.1, -0.05) is 12.1 Å². The van der Waals surface area contributed by atoms with Gasteiger partial charge in [0.25, 0.3) is 0 Å². The maximum Gasteiger partial charge on any atom is 0.119 e. The summed E-state index contributed by atoms with van der Waals surface area (Å²) < 4.78 is 6.61. The molecule has 2 nitrogen and oxygen atoms in total. The first kappa shape index (κ1) is 13.6. The van der Waals surface area contributed by atoms with Gasteiger partial charge in [0.2, 0.25) is 0 Å². The van der Waals surface area contributed by atoms with Crippen LogP contribution in [0.5, 0.6) is 5.75 Å². The van der Waals surface area contributed by atoms with Gasteiger partial charge in [-0.3, -0.25) is 0 Å². The van der Waals surface area contributed by atoms with Crippen molar-refractivity contribution in [1.82, 2.24) is 5.32 Å². The van der Waals surface area contributed by atoms with Crippen LogP contribution in [0.1, 0.15) is 24.1 Å². The van der Waals surface area contributed by atoms with Crippen molar-refractivity contribution in [3.8, 4) is 5.75 Å². The number of rotatable bonds is 5. The fourth-order valence-electron chi connectivity index (χ4n) is 1.92. The molecule has 1 aromatic carbocycles. The molecule has 0 fully saturated rings. The van der Waals surface area contributed by atoms with E-state index in [2.05, 4.69) is 44.1 Å². The van der Waals surface area contributed by atoms with E-state index in [0.717, 1.165) is 10.2 Å². The Labute approximate surface area is 120 Å². The Morgan fingerprint density at radius 2 is 2.00 bits per heavy atom. The molecule has 2 aromatic rings. The molecule has 0 aliphatic carbocycles. The highest BCUT2D eigenvalue weighted by Crippen LogP contribution is 2.31. The number of thiophene rings is 1. The normalized spacial score (nSPS) is 12.4. The SMILES string of the molecule is CCOc1ccc(C(NC)c2cscc2Br)cc1. The Kier molecular flexibility index (Phi) is 4.80. The van der Waals surface area contributed by atoms with Gasteiger partial charge in [-0.2, -0.15) is 11.3 Å². The van der Waals surface area contributed by atoms with Gasteiger partial charge < -0.3 is 10.1 Å². The molecule has 0 saturated heterocycles. The topological polar surface area (TPSA) is 21.3 Å². The van der Waals surface area contributed by atoms with E-state index in [4.69, 9.17) is 4.74 Å². The third-order valence-corrected chi connectivity index (χ3v) is 4.52. The van der Waals surface area contributed by atoms with E-state index in [1.807, 2.05) is 26.1 Å². The third-order valence-electron chi connectivity index (χ3n) is 2.77. The Bertz CT molecular complexity index is 495. The molecule has 1 atom stereocenters. The summed E-state index contributed by atoms with van der Waals surface area (Å²) in [6.45, 7) is 2.69. The van der Waals surface area contributed by atoms with Crippen molar-refractivity contribution in [2.75, 3.05) is 13.7 Å². The van der Waals surface area contributed by atoms with E-state index in [-0.39, 0.29) is 6.04 Å². The lowest BCUT2D eigenvalue weighted by Gasteiger charge is -2.17. The summed E-state index contributed by atoms with van der Waals surface area (Å²) in [5, 5.41) is 7.62. The molecule has 2 rings (SSSR count). The summed E-state index contributed by atoms with van der Waals surface area (Å²) in [6.07, 6.45) is 0. The summed E-state index contributed by atoms with van der Waals surface area (Å²) >= 11 is 5.29. The van der Waals surface area contributed by atoms with E-state index in [9.17, 15) is 0 Å². The largest absolute Gasteiger partial charge is 0.494 e. The number of hydrogen-bond donors (Lipinski definition) is 1. The lowest BCUT2D eigenvalue weighted by molar-refractivity contribution is 0.340. The monoisotopic (exact) mass is 325 g/mol. The van der Waals surface area contributed by atoms with Gasteiger partial charge >= 0.3 is 0 Å². The van der Waals surface area contributed by atoms with Crippen molar-refractivity contribution in [3.63, 3.8) is 0 Å². The second-order valence-corrected chi connectivity index (χ2v) is 5.50. The van der Waals surface area contributed by atoms with Crippen molar-refractivity contribution in [2.45, 2.75) is 13.0 Å². The molecule has 1 heterocycles. The molecule has 0 spiro atoms. The van der Waals surface area contributed by atoms with Crippen molar-refractivity contribution in [1.29, 1.82) is 0 Å². The maximum absolute atomic E-state index is 5.46. The van der Waals surface area contributed by atoms with Crippen LogP contribution in [0.25, 0.3) is 0 Å². The number of benzene rings is 1. The molecule has 4 heteroatoms. The summed E-state index contributed by atoms with van der Waals surface area (Å²) in [7, 11) is 1.98. The maximum atomic E-state index is 5.46. The van der Waals surface area contributed by atoms with Crippen molar-refractivity contribution in [3.05, 3.63) is 50.6 Å². The summed E-state index contributed by atoms with van der Waals surface area (Å²) in [5.74, 6) is 0.917. The van der Waals surface area contributed by atoms with Gasteiger partial charge in [0.15, 0.2) is 0 Å². The second-order valence-electron chi connectivity index (χ2n) is 3.90. The minimum atomic E-state index is 0.210. The molecule has 1 unspecified atom stereocenters. The molecular formula is C14H16BrNOS. The van der Waals surface area contributed by atoms with E-state index in [0.29, 0.717) is 6.61 Å². The van der Waals surface area contributed by atoms with E-state index >= 15 is 0 Å². The minimum absolute atomic E-state index is 0.210. The van der Waals surface area contributed by atoms with Crippen LogP contribution in [-0.4, -0.2) is 13.7 Å². The smallest absolute Gasteiger partial charge is 0.119 e. The predicted molar refractivity (Wildman–Crippen MR) is 80.5 cm³/mol. The quantitative estimate of drug-likeness (QED) is 0.888. The molecule has 0 bridgehead atoms. The van der Waals surface area contributed by atoms with Crippen LogP contribution >= 0.6 is 27.3 Å². The number of hydrogen-bond acceptors (Lipinski definition) is 3. The fraction of sp³-hybridized carbons (Fsp3) is 0.286. The standard InChI is InChI=1S/C14H16BrNOS/c1-3-17-11-6-4-10(5-7-11)14(16-2)12-8-18-9-13(12)15/h4-9,14,16H,3H2,1-2H3. The van der Waals surface area contributed by atoms with Crippen molar-refractivity contribution < 1.29 is 4.74 Å². The first-order valence-corrected chi connectivity index (χ1v) is 7.61. The predicted octanol–water partition coefficient (Wildman–Crippen LogP) is 4.22. The molecule has 1 aromatic heterocycles. The van der Waals surface area contributed by atoms with Crippen LogP contribution in [0, 0.1) is 0 Å². The number of ether oxygens (including phenoxy) is 1. The van der Waals surface area contributed by atoms with Gasteiger partial charge in [0.05, 0.1) is 12.6 Å². The highest BCUT2D eigenvalue weighted by atomic mass is 79.9. The highest BCUT2D eigenvalue weighted by molar-refractivity contribution is 9.10. The van der Waals surface area contributed by atoms with Gasteiger partial charge in [-0.15, -0.1) is 0 Å². The average molecular weight is 326 g/mol. The van der Waals surface area contributed by atoms with Crippen molar-refractivity contribution in [2.24, 2.45) is 0 Å². The summed E-state index contributed by atoms with van der Waals surface area (Å²) in [5.41, 5.74) is 2.51. The molecule has 1 N–H and O–H groups in total. The second kappa shape index (κ2) is 6.36. The molecule has 96 valence electrons. The van der Waals surface area contributed by atoms with Gasteiger partial charge in [0.1, 0.15) is 5.75 Å². The fourth-order valence-corrected chi connectivity index (χ4v) is 3.47. The highest BCUT2D eigenvalue weighted by Gasteiger charge is 2.15. The summed E-state index contributed by atoms with van der Waals surface area (Å²) in [4.78, 5) is 0.